The average molecular weight is 272 g/mol. The molecule has 0 atom stereocenters. The van der Waals surface area contributed by atoms with Crippen LogP contribution >= 0.6 is 0 Å². The van der Waals surface area contributed by atoms with E-state index in [1.54, 1.807) is 0 Å². The van der Waals surface area contributed by atoms with E-state index in [2.05, 4.69) is 34.9 Å². The molecule has 0 unspecified atom stereocenters. The second-order valence-electron chi connectivity index (χ2n) is 6.19. The van der Waals surface area contributed by atoms with Crippen LogP contribution in [0, 0.1) is 12.1 Å². The van der Waals surface area contributed by atoms with Crippen molar-refractivity contribution in [1.29, 1.82) is 0 Å². The zero-order valence-electron chi connectivity index (χ0n) is 12.4. The first-order valence-corrected chi connectivity index (χ1v) is 7.69. The van der Waals surface area contributed by atoms with Crippen LogP contribution < -0.4 is 0 Å². The molecule has 0 bridgehead atoms. The molecule has 0 saturated carbocycles. The molecule has 0 N–H and O–H groups in total. The van der Waals surface area contributed by atoms with Gasteiger partial charge in [0.25, 0.3) is 0 Å². The highest BCUT2D eigenvalue weighted by Gasteiger charge is 2.35. The van der Waals surface area contributed by atoms with Crippen LogP contribution in [0.1, 0.15) is 25.3 Å². The summed E-state index contributed by atoms with van der Waals surface area (Å²) in [6, 6.07) is 12.3. The molecule has 1 aromatic carbocycles. The Kier molecular flexibility index (Phi) is 4.26. The van der Waals surface area contributed by atoms with Gasteiger partial charge in [0.15, 0.2) is 0 Å². The first kappa shape index (κ1) is 13.9. The Labute approximate surface area is 122 Å². The maximum atomic E-state index is 5.51. The average Bonchev–Trinajstić information content (AvgIpc) is 2.50. The van der Waals surface area contributed by atoms with Crippen molar-refractivity contribution in [2.24, 2.45) is 0 Å². The molecule has 2 aliphatic heterocycles. The van der Waals surface area contributed by atoms with E-state index in [0.29, 0.717) is 5.54 Å². The van der Waals surface area contributed by atoms with Crippen LogP contribution in [0.15, 0.2) is 18.2 Å². The summed E-state index contributed by atoms with van der Waals surface area (Å²) in [5.74, 6) is 0. The van der Waals surface area contributed by atoms with Gasteiger partial charge in [-0.3, -0.25) is 9.80 Å². The SMILES string of the molecule is CC1(N2CCN(Cc3c#cccc3)CC2)CCOCC1. The van der Waals surface area contributed by atoms with Crippen molar-refractivity contribution in [1.82, 2.24) is 9.80 Å². The van der Waals surface area contributed by atoms with Gasteiger partial charge in [-0.1, -0.05) is 18.2 Å². The minimum atomic E-state index is 0.358. The molecular formula is C17H24N2O. The fourth-order valence-corrected chi connectivity index (χ4v) is 3.29. The number of nitrogens with zero attached hydrogens (tertiary/aromatic N) is 2. The van der Waals surface area contributed by atoms with E-state index in [1.165, 1.54) is 31.5 Å². The Morgan fingerprint density at radius 3 is 2.60 bits per heavy atom. The molecule has 2 aliphatic rings. The third-order valence-corrected chi connectivity index (χ3v) is 4.81. The van der Waals surface area contributed by atoms with E-state index in [4.69, 9.17) is 4.74 Å². The van der Waals surface area contributed by atoms with E-state index in [1.807, 2.05) is 12.1 Å². The topological polar surface area (TPSA) is 15.7 Å². The van der Waals surface area contributed by atoms with Crippen molar-refractivity contribution in [2.45, 2.75) is 31.8 Å². The Hall–Kier alpha value is -1.08. The summed E-state index contributed by atoms with van der Waals surface area (Å²) in [6.07, 6.45) is 2.35. The van der Waals surface area contributed by atoms with Crippen molar-refractivity contribution < 1.29 is 4.74 Å². The minimum absolute atomic E-state index is 0.358. The lowest BCUT2D eigenvalue weighted by molar-refractivity contribution is -0.0385. The third-order valence-electron chi connectivity index (χ3n) is 4.81. The Bertz CT molecular complexity index is 406. The molecule has 2 fully saturated rings. The van der Waals surface area contributed by atoms with E-state index in [9.17, 15) is 0 Å². The number of ether oxygens (including phenoxy) is 1. The highest BCUT2D eigenvalue weighted by atomic mass is 16.5. The van der Waals surface area contributed by atoms with Gasteiger partial charge in [-0.2, -0.15) is 0 Å². The molecule has 0 spiro atoms. The summed E-state index contributed by atoms with van der Waals surface area (Å²) in [4.78, 5) is 5.20. The molecule has 2 saturated heterocycles. The van der Waals surface area contributed by atoms with Crippen molar-refractivity contribution in [2.75, 3.05) is 39.4 Å². The highest BCUT2D eigenvalue weighted by molar-refractivity contribution is 5.07. The van der Waals surface area contributed by atoms with Gasteiger partial charge in [0.1, 0.15) is 0 Å². The van der Waals surface area contributed by atoms with Crippen LogP contribution in [-0.2, 0) is 11.3 Å². The fourth-order valence-electron chi connectivity index (χ4n) is 3.29. The van der Waals surface area contributed by atoms with Crippen molar-refractivity contribution >= 4 is 0 Å². The van der Waals surface area contributed by atoms with E-state index in [0.717, 1.165) is 32.8 Å². The number of hydrogen-bond acceptors (Lipinski definition) is 3. The van der Waals surface area contributed by atoms with E-state index < -0.39 is 0 Å². The normalized spacial score (nSPS) is 24.2. The smallest absolute Gasteiger partial charge is 0.0483 e. The Balaban J connectivity index is 1.52. The van der Waals surface area contributed by atoms with Crippen molar-refractivity contribution in [3.63, 3.8) is 0 Å². The molecule has 0 aromatic heterocycles. The quantitative estimate of drug-likeness (QED) is 0.837. The molecule has 0 aliphatic carbocycles. The number of rotatable bonds is 3. The van der Waals surface area contributed by atoms with E-state index >= 15 is 0 Å². The molecule has 3 rings (SSSR count). The van der Waals surface area contributed by atoms with E-state index in [-0.39, 0.29) is 0 Å². The van der Waals surface area contributed by atoms with Gasteiger partial charge in [0, 0.05) is 57.0 Å². The fraction of sp³-hybridized carbons (Fsp3) is 0.647. The molecule has 3 heteroatoms. The second-order valence-corrected chi connectivity index (χ2v) is 6.19. The lowest BCUT2D eigenvalue weighted by Crippen LogP contribution is -2.57. The summed E-state index contributed by atoms with van der Waals surface area (Å²) in [7, 11) is 0. The molecule has 3 nitrogen and oxygen atoms in total. The van der Waals surface area contributed by atoms with Crippen LogP contribution in [0.4, 0.5) is 0 Å². The van der Waals surface area contributed by atoms with Crippen LogP contribution in [0.5, 0.6) is 0 Å². The zero-order chi connectivity index (χ0) is 13.8. The molecule has 108 valence electrons. The Morgan fingerprint density at radius 2 is 1.95 bits per heavy atom. The minimum Gasteiger partial charge on any atom is -0.381 e. The first-order valence-electron chi connectivity index (χ1n) is 7.69. The molecule has 20 heavy (non-hydrogen) atoms. The maximum Gasteiger partial charge on any atom is 0.0483 e. The van der Waals surface area contributed by atoms with Gasteiger partial charge < -0.3 is 4.74 Å². The zero-order valence-corrected chi connectivity index (χ0v) is 12.4. The predicted octanol–water partition coefficient (Wildman–Crippen LogP) is 1.97. The first-order chi connectivity index (χ1) is 9.76. The van der Waals surface area contributed by atoms with Crippen LogP contribution in [0.3, 0.4) is 0 Å². The monoisotopic (exact) mass is 272 g/mol. The van der Waals surface area contributed by atoms with Gasteiger partial charge in [0.2, 0.25) is 0 Å². The molecule has 0 radical (unpaired) electrons. The largest absolute Gasteiger partial charge is 0.381 e. The van der Waals surface area contributed by atoms with Crippen LogP contribution in [-0.4, -0.2) is 54.7 Å². The Morgan fingerprint density at radius 1 is 1.20 bits per heavy atom. The van der Waals surface area contributed by atoms with Crippen LogP contribution in [0.25, 0.3) is 0 Å². The van der Waals surface area contributed by atoms with Gasteiger partial charge >= 0.3 is 0 Å². The van der Waals surface area contributed by atoms with Crippen molar-refractivity contribution in [3.8, 4) is 0 Å². The van der Waals surface area contributed by atoms with Gasteiger partial charge in [-0.05, 0) is 31.9 Å². The number of piperazine rings is 1. The molecular weight excluding hydrogens is 248 g/mol. The maximum absolute atomic E-state index is 5.51. The third kappa shape index (κ3) is 3.15. The predicted molar refractivity (Wildman–Crippen MR) is 79.4 cm³/mol. The number of hydrogen-bond donors (Lipinski definition) is 0. The standard InChI is InChI=1S/C17H24N2O/c1-17(7-13-20-14-8-17)19-11-9-18(10-12-19)15-16-5-3-2-4-6-16/h2-3,5H,7-15H2,1H3. The molecule has 2 heterocycles. The lowest BCUT2D eigenvalue weighted by atomic mass is 9.89. The summed E-state index contributed by atoms with van der Waals surface area (Å²) in [6.45, 7) is 9.91. The van der Waals surface area contributed by atoms with Gasteiger partial charge in [-0.15, -0.1) is 0 Å². The summed E-state index contributed by atoms with van der Waals surface area (Å²) >= 11 is 0. The lowest BCUT2D eigenvalue weighted by Gasteiger charge is -2.47. The van der Waals surface area contributed by atoms with Gasteiger partial charge in [0.05, 0.1) is 0 Å². The van der Waals surface area contributed by atoms with Crippen LogP contribution in [0.2, 0.25) is 0 Å². The summed E-state index contributed by atoms with van der Waals surface area (Å²) in [5, 5.41) is 0. The second kappa shape index (κ2) is 6.13. The van der Waals surface area contributed by atoms with Crippen molar-refractivity contribution in [3.05, 3.63) is 35.9 Å². The summed E-state index contributed by atoms with van der Waals surface area (Å²) < 4.78 is 5.51. The van der Waals surface area contributed by atoms with Gasteiger partial charge in [-0.25, -0.2) is 0 Å². The molecule has 1 aromatic rings. The highest BCUT2D eigenvalue weighted by Crippen LogP contribution is 2.28. The summed E-state index contributed by atoms with van der Waals surface area (Å²) in [5.41, 5.74) is 1.61. The molecule has 0 amide bonds.